The molecule has 1 N–H and O–H groups in total. The van der Waals surface area contributed by atoms with Gasteiger partial charge in [-0.25, -0.2) is 0 Å². The van der Waals surface area contributed by atoms with Gasteiger partial charge in [0.1, 0.15) is 0 Å². The smallest absolute Gasteiger partial charge is 0.306 e. The molecule has 0 unspecified atom stereocenters. The third-order valence-electron chi connectivity index (χ3n) is 4.38. The molecule has 0 spiro atoms. The maximum Gasteiger partial charge on any atom is 0.306 e. The van der Waals surface area contributed by atoms with Crippen molar-refractivity contribution in [3.8, 4) is 0 Å². The van der Waals surface area contributed by atoms with Crippen molar-refractivity contribution in [1.29, 1.82) is 0 Å². The zero-order chi connectivity index (χ0) is 16.3. The van der Waals surface area contributed by atoms with Crippen molar-refractivity contribution in [3.63, 3.8) is 0 Å². The quantitative estimate of drug-likeness (QED) is 0.904. The Bertz CT molecular complexity index is 543. The molecule has 0 atom stereocenters. The van der Waals surface area contributed by atoms with Gasteiger partial charge in [0, 0.05) is 25.3 Å². The summed E-state index contributed by atoms with van der Waals surface area (Å²) in [7, 11) is 0. The van der Waals surface area contributed by atoms with Gasteiger partial charge in [-0.05, 0) is 32.1 Å². The molecule has 0 aromatic carbocycles. The maximum atomic E-state index is 12.6. The van der Waals surface area contributed by atoms with Crippen LogP contribution in [-0.2, 0) is 11.3 Å². The number of carboxylic acid groups (broad SMARTS) is 1. The number of carboxylic acids is 1. The monoisotopic (exact) mass is 307 g/mol. The minimum absolute atomic E-state index is 0.0304. The first-order valence-corrected chi connectivity index (χ1v) is 7.94. The number of hydrogen-bond acceptors (Lipinski definition) is 3. The third kappa shape index (κ3) is 3.67. The van der Waals surface area contributed by atoms with Gasteiger partial charge in [0.2, 0.25) is 0 Å². The van der Waals surface area contributed by atoms with E-state index in [0.29, 0.717) is 37.4 Å². The summed E-state index contributed by atoms with van der Waals surface area (Å²) in [6.45, 7) is 8.08. The van der Waals surface area contributed by atoms with E-state index in [0.717, 1.165) is 18.7 Å². The second-order valence-corrected chi connectivity index (χ2v) is 6.45. The molecule has 6 nitrogen and oxygen atoms in total. The lowest BCUT2D eigenvalue weighted by Gasteiger charge is -2.30. The normalized spacial score (nSPS) is 16.3. The molecule has 1 aliphatic heterocycles. The predicted molar refractivity (Wildman–Crippen MR) is 82.7 cm³/mol. The number of likely N-dealkylation sites (tertiary alicyclic amines) is 1. The number of aliphatic carboxylic acids is 1. The number of carbonyl (C=O) groups is 2. The minimum Gasteiger partial charge on any atom is -0.481 e. The van der Waals surface area contributed by atoms with Crippen LogP contribution in [0.15, 0.2) is 6.20 Å². The molecule has 2 rings (SSSR count). The van der Waals surface area contributed by atoms with Crippen LogP contribution in [0.1, 0.15) is 49.2 Å². The van der Waals surface area contributed by atoms with Crippen LogP contribution in [0.4, 0.5) is 0 Å². The van der Waals surface area contributed by atoms with Crippen molar-refractivity contribution in [3.05, 3.63) is 17.5 Å². The molecule has 6 heteroatoms. The van der Waals surface area contributed by atoms with Gasteiger partial charge in [-0.15, -0.1) is 0 Å². The molecule has 1 aliphatic rings. The summed E-state index contributed by atoms with van der Waals surface area (Å²) in [5, 5.41) is 13.3. The number of aryl methyl sites for hydroxylation is 1. The highest BCUT2D eigenvalue weighted by Crippen LogP contribution is 2.20. The van der Waals surface area contributed by atoms with Gasteiger partial charge in [0.25, 0.3) is 5.91 Å². The number of rotatable bonds is 5. The first-order chi connectivity index (χ1) is 10.4. The highest BCUT2D eigenvalue weighted by molar-refractivity contribution is 5.95. The molecule has 1 fully saturated rings. The van der Waals surface area contributed by atoms with Gasteiger partial charge < -0.3 is 10.0 Å². The maximum absolute atomic E-state index is 12.6. The van der Waals surface area contributed by atoms with E-state index in [1.807, 2.05) is 11.6 Å². The Balaban J connectivity index is 2.00. The Morgan fingerprint density at radius 3 is 2.55 bits per heavy atom. The zero-order valence-corrected chi connectivity index (χ0v) is 13.6. The molecule has 22 heavy (non-hydrogen) atoms. The van der Waals surface area contributed by atoms with Gasteiger partial charge in [0.05, 0.1) is 17.7 Å². The number of nitrogens with zero attached hydrogens (tertiary/aromatic N) is 3. The highest BCUT2D eigenvalue weighted by atomic mass is 16.4. The van der Waals surface area contributed by atoms with Crippen LogP contribution in [0, 0.1) is 18.8 Å². The molecule has 1 aromatic rings. The molecular formula is C16H25N3O3. The Hall–Kier alpha value is -1.85. The summed E-state index contributed by atoms with van der Waals surface area (Å²) < 4.78 is 1.89. The van der Waals surface area contributed by atoms with Crippen molar-refractivity contribution in [2.45, 2.75) is 46.6 Å². The van der Waals surface area contributed by atoms with E-state index in [4.69, 9.17) is 5.11 Å². The largest absolute Gasteiger partial charge is 0.481 e. The highest BCUT2D eigenvalue weighted by Gasteiger charge is 2.28. The minimum atomic E-state index is -0.759. The van der Waals surface area contributed by atoms with Crippen molar-refractivity contribution < 1.29 is 14.7 Å². The second kappa shape index (κ2) is 6.94. The first kappa shape index (κ1) is 16.5. The average Bonchev–Trinajstić information content (AvgIpc) is 2.85. The molecule has 1 aromatic heterocycles. The van der Waals surface area contributed by atoms with Crippen molar-refractivity contribution in [2.24, 2.45) is 11.8 Å². The summed E-state index contributed by atoms with van der Waals surface area (Å²) in [5.41, 5.74) is 1.53. The van der Waals surface area contributed by atoms with E-state index in [1.54, 1.807) is 11.1 Å². The molecule has 0 radical (unpaired) electrons. The van der Waals surface area contributed by atoms with E-state index in [-0.39, 0.29) is 11.8 Å². The SMILES string of the molecule is Cc1c(C(=O)N2CCC(C(=O)O)CC2)cnn1CCC(C)C. The molecule has 0 aliphatic carbocycles. The van der Waals surface area contributed by atoms with Crippen LogP contribution in [-0.4, -0.2) is 44.8 Å². The van der Waals surface area contributed by atoms with Gasteiger partial charge in [0.15, 0.2) is 0 Å². The van der Waals surface area contributed by atoms with Crippen LogP contribution >= 0.6 is 0 Å². The summed E-state index contributed by atoms with van der Waals surface area (Å²) in [6, 6.07) is 0. The van der Waals surface area contributed by atoms with Crippen molar-refractivity contribution >= 4 is 11.9 Å². The van der Waals surface area contributed by atoms with Crippen molar-refractivity contribution in [1.82, 2.24) is 14.7 Å². The van der Waals surface area contributed by atoms with E-state index in [2.05, 4.69) is 18.9 Å². The standard InChI is InChI=1S/C16H25N3O3/c1-11(2)4-9-19-12(3)14(10-17-19)15(20)18-7-5-13(6-8-18)16(21)22/h10-11,13H,4-9H2,1-3H3,(H,21,22). The van der Waals surface area contributed by atoms with Crippen LogP contribution in [0.5, 0.6) is 0 Å². The summed E-state index contributed by atoms with van der Waals surface area (Å²) in [6.07, 6.45) is 3.73. The molecule has 0 saturated carbocycles. The first-order valence-electron chi connectivity index (χ1n) is 7.94. The predicted octanol–water partition coefficient (Wildman–Crippen LogP) is 2.17. The molecule has 1 saturated heterocycles. The van der Waals surface area contributed by atoms with E-state index in [1.165, 1.54) is 0 Å². The van der Waals surface area contributed by atoms with Crippen LogP contribution in [0.25, 0.3) is 0 Å². The number of carbonyl (C=O) groups excluding carboxylic acids is 1. The lowest BCUT2D eigenvalue weighted by Crippen LogP contribution is -2.40. The number of amides is 1. The summed E-state index contributed by atoms with van der Waals surface area (Å²) >= 11 is 0. The average molecular weight is 307 g/mol. The van der Waals surface area contributed by atoms with Crippen LogP contribution in [0.3, 0.4) is 0 Å². The fourth-order valence-electron chi connectivity index (χ4n) is 2.76. The molecule has 122 valence electrons. The van der Waals surface area contributed by atoms with Gasteiger partial charge in [-0.2, -0.15) is 5.10 Å². The van der Waals surface area contributed by atoms with Gasteiger partial charge in [-0.3, -0.25) is 14.3 Å². The third-order valence-corrected chi connectivity index (χ3v) is 4.38. The van der Waals surface area contributed by atoms with Crippen LogP contribution in [0.2, 0.25) is 0 Å². The van der Waals surface area contributed by atoms with Gasteiger partial charge >= 0.3 is 5.97 Å². The topological polar surface area (TPSA) is 75.4 Å². The lowest BCUT2D eigenvalue weighted by atomic mass is 9.96. The Kier molecular flexibility index (Phi) is 5.21. The molecule has 0 bridgehead atoms. The fraction of sp³-hybridized carbons (Fsp3) is 0.688. The summed E-state index contributed by atoms with van der Waals surface area (Å²) in [5.74, 6) is -0.515. The Morgan fingerprint density at radius 1 is 1.36 bits per heavy atom. The Morgan fingerprint density at radius 2 is 2.00 bits per heavy atom. The Labute approximate surface area is 131 Å². The zero-order valence-electron chi connectivity index (χ0n) is 13.6. The molecule has 1 amide bonds. The van der Waals surface area contributed by atoms with Crippen LogP contribution < -0.4 is 0 Å². The van der Waals surface area contributed by atoms with Crippen molar-refractivity contribution in [2.75, 3.05) is 13.1 Å². The van der Waals surface area contributed by atoms with E-state index in [9.17, 15) is 9.59 Å². The number of piperidine rings is 1. The second-order valence-electron chi connectivity index (χ2n) is 6.45. The summed E-state index contributed by atoms with van der Waals surface area (Å²) in [4.78, 5) is 25.3. The lowest BCUT2D eigenvalue weighted by molar-refractivity contribution is -0.143. The number of aromatic nitrogens is 2. The molecule has 2 heterocycles. The van der Waals surface area contributed by atoms with Gasteiger partial charge in [-0.1, -0.05) is 13.8 Å². The fourth-order valence-corrected chi connectivity index (χ4v) is 2.76. The number of hydrogen-bond donors (Lipinski definition) is 1. The molecular weight excluding hydrogens is 282 g/mol. The van der Waals surface area contributed by atoms with E-state index >= 15 is 0 Å². The van der Waals surface area contributed by atoms with E-state index < -0.39 is 5.97 Å².